The van der Waals surface area contributed by atoms with Gasteiger partial charge in [-0.1, -0.05) is 25.1 Å². The zero-order valence-corrected chi connectivity index (χ0v) is 14.3. The van der Waals surface area contributed by atoms with Crippen molar-refractivity contribution >= 4 is 22.6 Å². The maximum Gasteiger partial charge on any atom is 0.258 e. The number of benzene rings is 2. The Morgan fingerprint density at radius 3 is 2.83 bits per heavy atom. The van der Waals surface area contributed by atoms with Crippen molar-refractivity contribution in [2.75, 3.05) is 4.90 Å². The third kappa shape index (κ3) is 2.13. The van der Waals surface area contributed by atoms with Gasteiger partial charge in [0.25, 0.3) is 5.91 Å². The summed E-state index contributed by atoms with van der Waals surface area (Å²) in [6, 6.07) is 14.2. The average molecular weight is 319 g/mol. The number of rotatable bonds is 2. The molecular weight excluding hydrogens is 298 g/mol. The number of amides is 1. The van der Waals surface area contributed by atoms with E-state index in [2.05, 4.69) is 29.5 Å². The van der Waals surface area contributed by atoms with Crippen LogP contribution in [0.3, 0.4) is 0 Å². The van der Waals surface area contributed by atoms with E-state index in [9.17, 15) is 4.79 Å². The zero-order chi connectivity index (χ0) is 16.8. The molecule has 122 valence electrons. The van der Waals surface area contributed by atoms with Crippen LogP contribution in [-0.2, 0) is 19.9 Å². The first-order valence-corrected chi connectivity index (χ1v) is 8.47. The minimum absolute atomic E-state index is 0.0538. The molecule has 1 aliphatic rings. The van der Waals surface area contributed by atoms with Gasteiger partial charge in [0.05, 0.1) is 11.0 Å². The van der Waals surface area contributed by atoms with Crippen LogP contribution in [0.4, 0.5) is 5.69 Å². The molecule has 4 heteroatoms. The highest BCUT2D eigenvalue weighted by atomic mass is 16.2. The Morgan fingerprint density at radius 1 is 1.25 bits per heavy atom. The number of hydrogen-bond donors (Lipinski definition) is 0. The first-order chi connectivity index (χ1) is 11.6. The number of carbonyl (C=O) groups is 1. The Kier molecular flexibility index (Phi) is 3.41. The lowest BCUT2D eigenvalue weighted by Gasteiger charge is -2.22. The molecule has 1 amide bonds. The lowest BCUT2D eigenvalue weighted by atomic mass is 10.1. The molecule has 1 atom stereocenters. The van der Waals surface area contributed by atoms with Gasteiger partial charge in [0, 0.05) is 30.8 Å². The zero-order valence-electron chi connectivity index (χ0n) is 14.3. The third-order valence-electron chi connectivity index (χ3n) is 4.96. The van der Waals surface area contributed by atoms with E-state index >= 15 is 0 Å². The van der Waals surface area contributed by atoms with Gasteiger partial charge in [-0.15, -0.1) is 0 Å². The SMILES string of the molecule is CCc1nc2cc(C(=O)N3c4ccccc4CC3C)ccc2n1C. The molecule has 0 spiro atoms. The molecule has 0 saturated heterocycles. The summed E-state index contributed by atoms with van der Waals surface area (Å²) in [5.41, 5.74) is 4.93. The van der Waals surface area contributed by atoms with Crippen molar-refractivity contribution in [3.8, 4) is 0 Å². The van der Waals surface area contributed by atoms with Crippen LogP contribution < -0.4 is 4.90 Å². The molecule has 0 bridgehead atoms. The fourth-order valence-electron chi connectivity index (χ4n) is 3.71. The van der Waals surface area contributed by atoms with Crippen LogP contribution in [0.1, 0.15) is 35.6 Å². The highest BCUT2D eigenvalue weighted by molar-refractivity contribution is 6.09. The predicted octanol–water partition coefficient (Wildman–Crippen LogP) is 3.73. The normalized spacial score (nSPS) is 16.6. The molecule has 0 N–H and O–H groups in total. The first-order valence-electron chi connectivity index (χ1n) is 8.47. The molecule has 0 fully saturated rings. The van der Waals surface area contributed by atoms with Crippen LogP contribution in [0.25, 0.3) is 11.0 Å². The lowest BCUT2D eigenvalue weighted by molar-refractivity contribution is 0.0981. The van der Waals surface area contributed by atoms with Crippen molar-refractivity contribution in [1.29, 1.82) is 0 Å². The van der Waals surface area contributed by atoms with Crippen molar-refractivity contribution < 1.29 is 4.79 Å². The van der Waals surface area contributed by atoms with E-state index in [0.717, 1.165) is 35.4 Å². The molecule has 2 aromatic carbocycles. The van der Waals surface area contributed by atoms with E-state index in [1.54, 1.807) is 0 Å². The number of aromatic nitrogens is 2. The van der Waals surface area contributed by atoms with Gasteiger partial charge in [0.2, 0.25) is 0 Å². The summed E-state index contributed by atoms with van der Waals surface area (Å²) in [5.74, 6) is 1.09. The molecule has 4 nitrogen and oxygen atoms in total. The van der Waals surface area contributed by atoms with E-state index < -0.39 is 0 Å². The minimum Gasteiger partial charge on any atom is -0.331 e. The van der Waals surface area contributed by atoms with Crippen molar-refractivity contribution in [1.82, 2.24) is 9.55 Å². The molecule has 1 aromatic heterocycles. The smallest absolute Gasteiger partial charge is 0.258 e. The first kappa shape index (κ1) is 14.9. The molecule has 3 aromatic rings. The quantitative estimate of drug-likeness (QED) is 0.722. The number of imidazole rings is 1. The van der Waals surface area contributed by atoms with Gasteiger partial charge in [0.1, 0.15) is 5.82 Å². The second-order valence-electron chi connectivity index (χ2n) is 6.50. The van der Waals surface area contributed by atoms with E-state index in [1.165, 1.54) is 5.56 Å². The maximum absolute atomic E-state index is 13.1. The third-order valence-corrected chi connectivity index (χ3v) is 4.96. The molecular formula is C20H21N3O. The fourth-order valence-corrected chi connectivity index (χ4v) is 3.71. The summed E-state index contributed by atoms with van der Waals surface area (Å²) in [7, 11) is 2.02. The monoisotopic (exact) mass is 319 g/mol. The molecule has 0 radical (unpaired) electrons. The Bertz CT molecular complexity index is 941. The van der Waals surface area contributed by atoms with Gasteiger partial charge in [0.15, 0.2) is 0 Å². The number of aryl methyl sites for hydroxylation is 2. The highest BCUT2D eigenvalue weighted by Gasteiger charge is 2.31. The van der Waals surface area contributed by atoms with E-state index in [4.69, 9.17) is 0 Å². The Morgan fingerprint density at radius 2 is 2.04 bits per heavy atom. The number of para-hydroxylation sites is 1. The highest BCUT2D eigenvalue weighted by Crippen LogP contribution is 2.33. The van der Waals surface area contributed by atoms with E-state index in [-0.39, 0.29) is 11.9 Å². The molecule has 1 aliphatic heterocycles. The molecule has 2 heterocycles. The van der Waals surface area contributed by atoms with Gasteiger partial charge in [-0.25, -0.2) is 4.98 Å². The molecule has 1 unspecified atom stereocenters. The minimum atomic E-state index is 0.0538. The summed E-state index contributed by atoms with van der Waals surface area (Å²) < 4.78 is 2.09. The fraction of sp³-hybridized carbons (Fsp3) is 0.300. The van der Waals surface area contributed by atoms with Crippen LogP contribution in [0, 0.1) is 0 Å². The largest absolute Gasteiger partial charge is 0.331 e. The number of anilines is 1. The molecule has 24 heavy (non-hydrogen) atoms. The summed E-state index contributed by atoms with van der Waals surface area (Å²) >= 11 is 0. The number of carbonyl (C=O) groups excluding carboxylic acids is 1. The number of nitrogens with zero attached hydrogens (tertiary/aromatic N) is 3. The predicted molar refractivity (Wildman–Crippen MR) is 96.5 cm³/mol. The lowest BCUT2D eigenvalue weighted by Crippen LogP contribution is -2.35. The Hall–Kier alpha value is -2.62. The van der Waals surface area contributed by atoms with Crippen molar-refractivity contribution in [2.24, 2.45) is 7.05 Å². The van der Waals surface area contributed by atoms with E-state index in [1.807, 2.05) is 48.3 Å². The summed E-state index contributed by atoms with van der Waals surface area (Å²) in [4.78, 5) is 19.7. The van der Waals surface area contributed by atoms with Gasteiger partial charge in [-0.3, -0.25) is 4.79 Å². The average Bonchev–Trinajstić information content (AvgIpc) is 3.10. The van der Waals surface area contributed by atoms with Crippen LogP contribution in [0.5, 0.6) is 0 Å². The molecule has 0 saturated carbocycles. The van der Waals surface area contributed by atoms with Gasteiger partial charge < -0.3 is 9.47 Å². The maximum atomic E-state index is 13.1. The van der Waals surface area contributed by atoms with Crippen LogP contribution in [-0.4, -0.2) is 21.5 Å². The number of hydrogen-bond acceptors (Lipinski definition) is 2. The Labute approximate surface area is 141 Å². The molecule has 0 aliphatic carbocycles. The molecule has 4 rings (SSSR count). The summed E-state index contributed by atoms with van der Waals surface area (Å²) in [6.07, 6.45) is 1.79. The van der Waals surface area contributed by atoms with Crippen LogP contribution in [0.15, 0.2) is 42.5 Å². The summed E-state index contributed by atoms with van der Waals surface area (Å²) in [5, 5.41) is 0. The van der Waals surface area contributed by atoms with Crippen molar-refractivity contribution in [3.63, 3.8) is 0 Å². The second kappa shape index (κ2) is 5.48. The second-order valence-corrected chi connectivity index (χ2v) is 6.50. The topological polar surface area (TPSA) is 38.1 Å². The van der Waals surface area contributed by atoms with Crippen molar-refractivity contribution in [3.05, 3.63) is 59.4 Å². The Balaban J connectivity index is 1.76. The standard InChI is InChI=1S/C20H21N3O/c1-4-19-21-16-12-15(9-10-18(16)22(19)3)20(24)23-13(2)11-14-7-5-6-8-17(14)23/h5-10,12-13H,4,11H2,1-3H3. The van der Waals surface area contributed by atoms with Crippen LogP contribution in [0.2, 0.25) is 0 Å². The number of fused-ring (bicyclic) bond motifs is 2. The van der Waals surface area contributed by atoms with Gasteiger partial charge >= 0.3 is 0 Å². The van der Waals surface area contributed by atoms with E-state index in [0.29, 0.717) is 5.56 Å². The van der Waals surface area contributed by atoms with Gasteiger partial charge in [-0.2, -0.15) is 0 Å². The van der Waals surface area contributed by atoms with Crippen LogP contribution >= 0.6 is 0 Å². The van der Waals surface area contributed by atoms with Gasteiger partial charge in [-0.05, 0) is 43.2 Å². The summed E-state index contributed by atoms with van der Waals surface area (Å²) in [6.45, 7) is 4.20. The van der Waals surface area contributed by atoms with Crippen molar-refractivity contribution in [2.45, 2.75) is 32.7 Å².